The molecule has 0 saturated carbocycles. The molecule has 0 unspecified atom stereocenters. The number of aromatic nitrogens is 5. The average Bonchev–Trinajstić information content (AvgIpc) is 3.41. The van der Waals surface area contributed by atoms with Crippen LogP contribution in [0.25, 0.3) is 16.0 Å². The van der Waals surface area contributed by atoms with Gasteiger partial charge in [-0.25, -0.2) is 23.3 Å². The van der Waals surface area contributed by atoms with Crippen molar-refractivity contribution in [3.63, 3.8) is 0 Å². The van der Waals surface area contributed by atoms with E-state index in [1.807, 2.05) is 5.51 Å². The van der Waals surface area contributed by atoms with E-state index in [-0.39, 0.29) is 23.4 Å². The first kappa shape index (κ1) is 19.4. The van der Waals surface area contributed by atoms with Crippen molar-refractivity contribution in [3.05, 3.63) is 53.1 Å². The van der Waals surface area contributed by atoms with E-state index in [0.717, 1.165) is 30.7 Å². The van der Waals surface area contributed by atoms with Gasteiger partial charge in [-0.2, -0.15) is 10.1 Å². The van der Waals surface area contributed by atoms with Gasteiger partial charge in [-0.3, -0.25) is 4.90 Å². The fourth-order valence-corrected chi connectivity index (χ4v) is 5.13. The van der Waals surface area contributed by atoms with Crippen LogP contribution in [0.1, 0.15) is 55.6 Å². The van der Waals surface area contributed by atoms with Crippen LogP contribution >= 0.6 is 11.3 Å². The highest BCUT2D eigenvalue weighted by molar-refractivity contribution is 7.16. The van der Waals surface area contributed by atoms with Gasteiger partial charge in [0.25, 0.3) is 12.2 Å². The van der Waals surface area contributed by atoms with Gasteiger partial charge in [0.2, 0.25) is 0 Å². The Hall–Kier alpha value is -2.52. The van der Waals surface area contributed by atoms with Gasteiger partial charge in [-0.1, -0.05) is 13.0 Å². The molecule has 1 fully saturated rings. The van der Waals surface area contributed by atoms with Crippen molar-refractivity contribution in [1.82, 2.24) is 29.5 Å². The van der Waals surface area contributed by atoms with Crippen molar-refractivity contribution >= 4 is 27.3 Å². The number of hydrogen-bond donors (Lipinski definition) is 0. The van der Waals surface area contributed by atoms with Gasteiger partial charge in [0.15, 0.2) is 0 Å². The van der Waals surface area contributed by atoms with Crippen LogP contribution in [0.2, 0.25) is 0 Å². The summed E-state index contributed by atoms with van der Waals surface area (Å²) < 4.78 is 29.7. The zero-order valence-electron chi connectivity index (χ0n) is 16.7. The minimum atomic E-state index is -2.63. The van der Waals surface area contributed by atoms with Gasteiger partial charge >= 0.3 is 0 Å². The van der Waals surface area contributed by atoms with E-state index in [4.69, 9.17) is 0 Å². The number of fused-ring (bicyclic) bond motifs is 2. The molecule has 4 aromatic rings. The van der Waals surface area contributed by atoms with Gasteiger partial charge in [-0.15, -0.1) is 11.3 Å². The Labute approximate surface area is 176 Å². The highest BCUT2D eigenvalue weighted by Gasteiger charge is 2.33. The van der Waals surface area contributed by atoms with Crippen LogP contribution in [0.3, 0.4) is 0 Å². The van der Waals surface area contributed by atoms with Crippen LogP contribution in [-0.2, 0) is 0 Å². The van der Waals surface area contributed by atoms with Crippen LogP contribution in [-0.4, -0.2) is 42.6 Å². The fourth-order valence-electron chi connectivity index (χ4n) is 4.40. The lowest BCUT2D eigenvalue weighted by Crippen LogP contribution is -2.40. The van der Waals surface area contributed by atoms with Crippen LogP contribution in [0.5, 0.6) is 0 Å². The molecule has 1 aliphatic rings. The molecule has 0 bridgehead atoms. The lowest BCUT2D eigenvalue weighted by Gasteiger charge is -2.40. The van der Waals surface area contributed by atoms with Crippen LogP contribution in [0.15, 0.2) is 36.1 Å². The first-order valence-electron chi connectivity index (χ1n) is 10.1. The van der Waals surface area contributed by atoms with Gasteiger partial charge in [0.05, 0.1) is 21.4 Å². The topological polar surface area (TPSA) is 59.2 Å². The van der Waals surface area contributed by atoms with Crippen molar-refractivity contribution in [2.75, 3.05) is 13.1 Å². The maximum atomic E-state index is 13.4. The number of halogens is 2. The zero-order valence-corrected chi connectivity index (χ0v) is 17.6. The molecule has 0 radical (unpaired) electrons. The number of hydrogen-bond acceptors (Lipinski definition) is 6. The second kappa shape index (κ2) is 7.63. The molecule has 0 aliphatic carbocycles. The number of likely N-dealkylation sites (tertiary alicyclic amines) is 1. The number of nitrogens with zero attached hydrogens (tertiary/aromatic N) is 6. The Bertz CT molecular complexity index is 1190. The lowest BCUT2D eigenvalue weighted by atomic mass is 9.83. The zero-order chi connectivity index (χ0) is 20.8. The quantitative estimate of drug-likeness (QED) is 0.465. The number of alkyl halides is 2. The van der Waals surface area contributed by atoms with Gasteiger partial charge in [0, 0.05) is 18.5 Å². The average molecular weight is 429 g/mol. The van der Waals surface area contributed by atoms with E-state index < -0.39 is 6.43 Å². The molecule has 0 N–H and O–H groups in total. The van der Waals surface area contributed by atoms with Crippen molar-refractivity contribution in [2.24, 2.45) is 5.92 Å². The third kappa shape index (κ3) is 3.35. The Morgan fingerprint density at radius 1 is 1.20 bits per heavy atom. The van der Waals surface area contributed by atoms with Crippen molar-refractivity contribution in [3.8, 4) is 0 Å². The lowest BCUT2D eigenvalue weighted by molar-refractivity contribution is 0.123. The Balaban J connectivity index is 1.48. The molecule has 6 nitrogen and oxygen atoms in total. The predicted octanol–water partition coefficient (Wildman–Crippen LogP) is 4.86. The molecule has 5 rings (SSSR count). The third-order valence-electron chi connectivity index (χ3n) is 6.28. The highest BCUT2D eigenvalue weighted by atomic mass is 32.1. The van der Waals surface area contributed by atoms with Gasteiger partial charge in [0.1, 0.15) is 12.0 Å². The van der Waals surface area contributed by atoms with Crippen LogP contribution < -0.4 is 0 Å². The molecule has 0 amide bonds. The summed E-state index contributed by atoms with van der Waals surface area (Å²) >= 11 is 1.64. The minimum absolute atomic E-state index is 0.0676. The summed E-state index contributed by atoms with van der Waals surface area (Å²) in [6.07, 6.45) is -0.273. The monoisotopic (exact) mass is 428 g/mol. The summed E-state index contributed by atoms with van der Waals surface area (Å²) in [5, 5.41) is 4.26. The first-order chi connectivity index (χ1) is 14.5. The van der Waals surface area contributed by atoms with E-state index in [9.17, 15) is 8.78 Å². The van der Waals surface area contributed by atoms with Crippen molar-refractivity contribution < 1.29 is 8.78 Å². The maximum Gasteiger partial charge on any atom is 0.280 e. The molecule has 9 heteroatoms. The van der Waals surface area contributed by atoms with Crippen molar-refractivity contribution in [1.29, 1.82) is 0 Å². The summed E-state index contributed by atoms with van der Waals surface area (Å²) in [6, 6.07) is 8.14. The predicted molar refractivity (Wildman–Crippen MR) is 112 cm³/mol. The first-order valence-corrected chi connectivity index (χ1v) is 10.9. The fraction of sp³-hybridized carbons (Fsp3) is 0.429. The van der Waals surface area contributed by atoms with Crippen LogP contribution in [0, 0.1) is 5.92 Å². The normalized spacial score (nSPS) is 21.6. The largest absolute Gasteiger partial charge is 0.296 e. The second-order valence-corrected chi connectivity index (χ2v) is 8.89. The number of benzene rings is 1. The van der Waals surface area contributed by atoms with Gasteiger partial charge < -0.3 is 0 Å². The summed E-state index contributed by atoms with van der Waals surface area (Å²) in [5.41, 5.74) is 4.65. The van der Waals surface area contributed by atoms with E-state index >= 15 is 0 Å². The standard InChI is InChI=1S/C21H22F2N6S/c1-12-5-6-28(13(2)14-3-4-16-19(7-14)30-11-25-16)9-15(12)18-8-17(20(22)23)27-21-24-10-26-29(18)21/h3-4,7-8,10-13,15,20H,5-6,9H2,1-2H3/t12-,13-,15-/m1/s1. The SMILES string of the molecule is C[C@@H]1CCN([C@H](C)c2ccc3ncsc3c2)C[C@H]1c1cc(C(F)F)nc2ncnn12. The molecule has 30 heavy (non-hydrogen) atoms. The molecule has 4 heterocycles. The van der Waals surface area contributed by atoms with E-state index in [1.165, 1.54) is 22.7 Å². The molecule has 156 valence electrons. The number of thiazole rings is 1. The molecule has 1 aliphatic heterocycles. The number of piperidine rings is 1. The Morgan fingerprint density at radius 2 is 2.07 bits per heavy atom. The molecule has 1 aromatic carbocycles. The van der Waals surface area contributed by atoms with E-state index in [0.29, 0.717) is 5.92 Å². The van der Waals surface area contributed by atoms with Crippen LogP contribution in [0.4, 0.5) is 8.78 Å². The smallest absolute Gasteiger partial charge is 0.280 e. The third-order valence-corrected chi connectivity index (χ3v) is 7.07. The highest BCUT2D eigenvalue weighted by Crippen LogP contribution is 2.37. The summed E-state index contributed by atoms with van der Waals surface area (Å²) in [4.78, 5) is 14.8. The molecule has 0 spiro atoms. The summed E-state index contributed by atoms with van der Waals surface area (Å²) in [7, 11) is 0. The van der Waals surface area contributed by atoms with Gasteiger partial charge in [-0.05, 0) is 49.6 Å². The summed E-state index contributed by atoms with van der Waals surface area (Å²) in [6.45, 7) is 6.12. The Kier molecular flexibility index (Phi) is 4.94. The molecule has 1 saturated heterocycles. The number of rotatable bonds is 4. The summed E-state index contributed by atoms with van der Waals surface area (Å²) in [5.74, 6) is 0.645. The van der Waals surface area contributed by atoms with E-state index in [2.05, 4.69) is 57.0 Å². The molecular weight excluding hydrogens is 406 g/mol. The second-order valence-electron chi connectivity index (χ2n) is 8.00. The van der Waals surface area contributed by atoms with Crippen molar-refractivity contribution in [2.45, 2.75) is 38.7 Å². The minimum Gasteiger partial charge on any atom is -0.296 e. The Morgan fingerprint density at radius 3 is 2.90 bits per heavy atom. The maximum absolute atomic E-state index is 13.4. The molecular formula is C21H22F2N6S. The van der Waals surface area contributed by atoms with E-state index in [1.54, 1.807) is 15.9 Å². The molecule has 3 aromatic heterocycles. The molecule has 3 atom stereocenters.